The molecular weight excluding hydrogens is 254 g/mol. The summed E-state index contributed by atoms with van der Waals surface area (Å²) >= 11 is 1.95. The number of fused-ring (bicyclic) bond motifs is 1. The van der Waals surface area contributed by atoms with Crippen molar-refractivity contribution < 1.29 is 0 Å². The lowest BCUT2D eigenvalue weighted by molar-refractivity contribution is 0.00480. The highest BCUT2D eigenvalue weighted by Crippen LogP contribution is 2.37. The lowest BCUT2D eigenvalue weighted by Crippen LogP contribution is -2.61. The van der Waals surface area contributed by atoms with Crippen LogP contribution >= 0.6 is 11.8 Å². The molecule has 3 atom stereocenters. The molecule has 0 bridgehead atoms. The van der Waals surface area contributed by atoms with E-state index in [1.54, 1.807) is 0 Å². The minimum absolute atomic E-state index is 0.253. The summed E-state index contributed by atoms with van der Waals surface area (Å²) in [6, 6.07) is 1.44. The summed E-state index contributed by atoms with van der Waals surface area (Å²) in [4.78, 5) is 5.30. The van der Waals surface area contributed by atoms with Gasteiger partial charge in [-0.15, -0.1) is 0 Å². The molecule has 19 heavy (non-hydrogen) atoms. The second-order valence-electron chi connectivity index (χ2n) is 6.46. The van der Waals surface area contributed by atoms with Crippen molar-refractivity contribution in [1.82, 2.24) is 9.80 Å². The fourth-order valence-corrected chi connectivity index (χ4v) is 4.49. The van der Waals surface area contributed by atoms with Crippen molar-refractivity contribution in [2.24, 2.45) is 5.73 Å². The SMILES string of the molecule is CSCCC(C)N(C)C1(CN)CCN2CCCC2C1. The Hall–Kier alpha value is 0.230. The summed E-state index contributed by atoms with van der Waals surface area (Å²) < 4.78 is 0. The highest BCUT2D eigenvalue weighted by atomic mass is 32.2. The second kappa shape index (κ2) is 6.79. The van der Waals surface area contributed by atoms with Crippen LogP contribution in [0.15, 0.2) is 0 Å². The van der Waals surface area contributed by atoms with Gasteiger partial charge in [0.2, 0.25) is 0 Å². The average molecular weight is 286 g/mol. The van der Waals surface area contributed by atoms with Gasteiger partial charge in [-0.1, -0.05) is 0 Å². The Morgan fingerprint density at radius 1 is 1.47 bits per heavy atom. The molecule has 0 amide bonds. The lowest BCUT2D eigenvalue weighted by Gasteiger charge is -2.51. The van der Waals surface area contributed by atoms with E-state index in [4.69, 9.17) is 5.73 Å². The van der Waals surface area contributed by atoms with E-state index in [2.05, 4.69) is 30.0 Å². The molecule has 0 radical (unpaired) electrons. The number of rotatable bonds is 6. The van der Waals surface area contributed by atoms with Gasteiger partial charge in [-0.05, 0) is 64.6 Å². The van der Waals surface area contributed by atoms with Crippen LogP contribution in [-0.2, 0) is 0 Å². The zero-order valence-electron chi connectivity index (χ0n) is 12.9. The number of likely N-dealkylation sites (N-methyl/N-ethyl adjacent to an activating group) is 1. The highest BCUT2D eigenvalue weighted by molar-refractivity contribution is 7.98. The molecule has 0 saturated carbocycles. The molecule has 0 aromatic heterocycles. The standard InChI is InChI=1S/C15H31N3S/c1-13(6-10-19-3)17(2)15(12-16)7-9-18-8-4-5-14(18)11-15/h13-14H,4-12,16H2,1-3H3. The quantitative estimate of drug-likeness (QED) is 0.809. The van der Waals surface area contributed by atoms with Crippen LogP contribution in [0.1, 0.15) is 39.0 Å². The Labute approximate surface area is 123 Å². The van der Waals surface area contributed by atoms with Gasteiger partial charge in [-0.3, -0.25) is 4.90 Å². The normalized spacial score (nSPS) is 33.6. The van der Waals surface area contributed by atoms with Crippen LogP contribution in [0.4, 0.5) is 0 Å². The van der Waals surface area contributed by atoms with Gasteiger partial charge in [-0.25, -0.2) is 0 Å². The molecule has 2 N–H and O–H groups in total. The maximum atomic E-state index is 6.22. The number of thioether (sulfide) groups is 1. The Balaban J connectivity index is 2.00. The van der Waals surface area contributed by atoms with Gasteiger partial charge in [0.25, 0.3) is 0 Å². The number of nitrogens with zero attached hydrogens (tertiary/aromatic N) is 2. The zero-order chi connectivity index (χ0) is 13.9. The van der Waals surface area contributed by atoms with Crippen molar-refractivity contribution in [2.45, 2.75) is 56.7 Å². The van der Waals surface area contributed by atoms with E-state index in [-0.39, 0.29) is 5.54 Å². The van der Waals surface area contributed by atoms with E-state index in [0.29, 0.717) is 6.04 Å². The van der Waals surface area contributed by atoms with Crippen molar-refractivity contribution in [2.75, 3.05) is 38.7 Å². The van der Waals surface area contributed by atoms with Crippen LogP contribution in [0.3, 0.4) is 0 Å². The van der Waals surface area contributed by atoms with E-state index in [1.165, 1.54) is 50.9 Å². The van der Waals surface area contributed by atoms with Crippen molar-refractivity contribution in [1.29, 1.82) is 0 Å². The molecule has 4 heteroatoms. The summed E-state index contributed by atoms with van der Waals surface area (Å²) in [6.07, 6.45) is 8.77. The average Bonchev–Trinajstić information content (AvgIpc) is 2.90. The Kier molecular flexibility index (Phi) is 5.58. The van der Waals surface area contributed by atoms with Gasteiger partial charge in [0.1, 0.15) is 0 Å². The van der Waals surface area contributed by atoms with Gasteiger partial charge < -0.3 is 10.6 Å². The van der Waals surface area contributed by atoms with Crippen LogP contribution in [0.5, 0.6) is 0 Å². The molecule has 0 aromatic carbocycles. The van der Waals surface area contributed by atoms with Crippen molar-refractivity contribution in [3.63, 3.8) is 0 Å². The molecule has 112 valence electrons. The van der Waals surface area contributed by atoms with Gasteiger partial charge >= 0.3 is 0 Å². The molecule has 0 spiro atoms. The molecule has 3 unspecified atom stereocenters. The van der Waals surface area contributed by atoms with Crippen molar-refractivity contribution in [3.05, 3.63) is 0 Å². The molecule has 2 fully saturated rings. The fourth-order valence-electron chi connectivity index (χ4n) is 3.91. The van der Waals surface area contributed by atoms with E-state index in [1.807, 2.05) is 11.8 Å². The maximum Gasteiger partial charge on any atom is 0.0358 e. The van der Waals surface area contributed by atoms with Crippen LogP contribution in [0.25, 0.3) is 0 Å². The third-order valence-corrected chi connectivity index (χ3v) is 6.15. The largest absolute Gasteiger partial charge is 0.329 e. The Morgan fingerprint density at radius 2 is 2.26 bits per heavy atom. The molecular formula is C15H31N3S. The Bertz CT molecular complexity index is 287. The van der Waals surface area contributed by atoms with Gasteiger partial charge in [0.15, 0.2) is 0 Å². The summed E-state index contributed by atoms with van der Waals surface area (Å²) in [5, 5.41) is 0. The molecule has 2 heterocycles. The molecule has 2 rings (SSSR count). The van der Waals surface area contributed by atoms with Crippen molar-refractivity contribution in [3.8, 4) is 0 Å². The fraction of sp³-hybridized carbons (Fsp3) is 1.00. The summed E-state index contributed by atoms with van der Waals surface area (Å²) in [7, 11) is 2.31. The lowest BCUT2D eigenvalue weighted by atomic mass is 9.81. The first kappa shape index (κ1) is 15.6. The predicted octanol–water partition coefficient (Wildman–Crippen LogP) is 2.02. The smallest absolute Gasteiger partial charge is 0.0358 e. The Morgan fingerprint density at radius 3 is 2.95 bits per heavy atom. The van der Waals surface area contributed by atoms with Gasteiger partial charge in [0, 0.05) is 30.7 Å². The van der Waals surface area contributed by atoms with Crippen LogP contribution < -0.4 is 5.73 Å². The number of nitrogens with two attached hydrogens (primary N) is 1. The number of piperidine rings is 1. The third kappa shape index (κ3) is 3.29. The molecule has 2 saturated heterocycles. The first-order valence-electron chi connectivity index (χ1n) is 7.79. The predicted molar refractivity (Wildman–Crippen MR) is 85.8 cm³/mol. The minimum Gasteiger partial charge on any atom is -0.329 e. The third-order valence-electron chi connectivity index (χ3n) is 5.51. The van der Waals surface area contributed by atoms with E-state index in [9.17, 15) is 0 Å². The number of hydrogen-bond donors (Lipinski definition) is 1. The van der Waals surface area contributed by atoms with Crippen LogP contribution in [0.2, 0.25) is 0 Å². The van der Waals surface area contributed by atoms with E-state index >= 15 is 0 Å². The summed E-state index contributed by atoms with van der Waals surface area (Å²) in [5.41, 5.74) is 6.48. The molecule has 3 nitrogen and oxygen atoms in total. The van der Waals surface area contributed by atoms with Crippen LogP contribution in [-0.4, -0.2) is 66.1 Å². The summed E-state index contributed by atoms with van der Waals surface area (Å²) in [5.74, 6) is 1.25. The molecule has 0 aliphatic carbocycles. The van der Waals surface area contributed by atoms with Gasteiger partial charge in [0.05, 0.1) is 0 Å². The van der Waals surface area contributed by atoms with E-state index < -0.39 is 0 Å². The summed E-state index contributed by atoms with van der Waals surface area (Å²) in [6.45, 7) is 5.75. The minimum atomic E-state index is 0.253. The molecule has 0 aromatic rings. The second-order valence-corrected chi connectivity index (χ2v) is 7.44. The zero-order valence-corrected chi connectivity index (χ0v) is 13.7. The van der Waals surface area contributed by atoms with Crippen molar-refractivity contribution >= 4 is 11.8 Å². The maximum absolute atomic E-state index is 6.22. The topological polar surface area (TPSA) is 32.5 Å². The van der Waals surface area contributed by atoms with Gasteiger partial charge in [-0.2, -0.15) is 11.8 Å². The molecule has 2 aliphatic rings. The van der Waals surface area contributed by atoms with E-state index in [0.717, 1.165) is 12.6 Å². The monoisotopic (exact) mass is 285 g/mol. The number of hydrogen-bond acceptors (Lipinski definition) is 4. The highest BCUT2D eigenvalue weighted by Gasteiger charge is 2.44. The molecule has 2 aliphatic heterocycles. The van der Waals surface area contributed by atoms with Crippen LogP contribution in [0, 0.1) is 0 Å². The first-order valence-corrected chi connectivity index (χ1v) is 9.18. The first-order chi connectivity index (χ1) is 9.13.